The van der Waals surface area contributed by atoms with Gasteiger partial charge in [-0.15, -0.1) is 0 Å². The highest BCUT2D eigenvalue weighted by atomic mass is 16.5. The highest BCUT2D eigenvalue weighted by Crippen LogP contribution is 2.38. The molecule has 9 heteroatoms. The van der Waals surface area contributed by atoms with Crippen molar-refractivity contribution in [3.05, 3.63) is 56.9 Å². The van der Waals surface area contributed by atoms with E-state index in [1.54, 1.807) is 17.2 Å². The Hall–Kier alpha value is -3.49. The summed E-state index contributed by atoms with van der Waals surface area (Å²) < 4.78 is 5.49. The fraction of sp³-hybridized carbons (Fsp3) is 0.435. The number of nitrogens with one attached hydrogen (secondary N) is 1. The Morgan fingerprint density at radius 2 is 2.09 bits per heavy atom. The van der Waals surface area contributed by atoms with Crippen LogP contribution in [-0.4, -0.2) is 51.6 Å². The van der Waals surface area contributed by atoms with Crippen LogP contribution in [0.5, 0.6) is 0 Å². The van der Waals surface area contributed by atoms with Gasteiger partial charge >= 0.3 is 0 Å². The first kappa shape index (κ1) is 21.7. The first-order valence-corrected chi connectivity index (χ1v) is 10.8. The first-order chi connectivity index (χ1) is 15.3. The van der Waals surface area contributed by atoms with Crippen molar-refractivity contribution >= 4 is 11.9 Å². The number of aryl methyl sites for hydroxylation is 3. The Bertz CT molecular complexity index is 1210. The van der Waals surface area contributed by atoms with Crippen molar-refractivity contribution in [2.45, 2.75) is 46.1 Å². The molecule has 9 nitrogen and oxygen atoms in total. The number of carbonyl (C=O) groups excluding carboxylic acids is 1. The van der Waals surface area contributed by atoms with E-state index in [-0.39, 0.29) is 23.1 Å². The second-order valence-electron chi connectivity index (χ2n) is 8.38. The maximum Gasteiger partial charge on any atom is 0.261 e. The summed E-state index contributed by atoms with van der Waals surface area (Å²) in [5.41, 5.74) is 3.70. The Kier molecular flexibility index (Phi) is 5.82. The van der Waals surface area contributed by atoms with E-state index in [1.807, 2.05) is 45.8 Å². The fourth-order valence-electron chi connectivity index (χ4n) is 4.18. The van der Waals surface area contributed by atoms with Crippen LogP contribution in [0, 0.1) is 13.8 Å². The number of anilines is 1. The van der Waals surface area contributed by atoms with Gasteiger partial charge in [0, 0.05) is 38.6 Å². The number of rotatable bonds is 5. The molecule has 4 heterocycles. The summed E-state index contributed by atoms with van der Waals surface area (Å²) in [6.45, 7) is 6.28. The van der Waals surface area contributed by atoms with Crippen molar-refractivity contribution in [1.82, 2.24) is 25.0 Å². The van der Waals surface area contributed by atoms with Gasteiger partial charge in [-0.25, -0.2) is 9.97 Å². The van der Waals surface area contributed by atoms with Crippen molar-refractivity contribution in [1.29, 1.82) is 0 Å². The Labute approximate surface area is 186 Å². The number of likely N-dealkylation sites (tertiary alicyclic amines) is 1. The van der Waals surface area contributed by atoms with Crippen molar-refractivity contribution in [2.75, 3.05) is 25.5 Å². The van der Waals surface area contributed by atoms with Crippen LogP contribution in [-0.2, 0) is 6.42 Å². The lowest BCUT2D eigenvalue weighted by molar-refractivity contribution is 0.0731. The molecule has 1 amide bonds. The first-order valence-electron chi connectivity index (χ1n) is 10.8. The number of hydrogen-bond donors (Lipinski definition) is 1. The summed E-state index contributed by atoms with van der Waals surface area (Å²) in [7, 11) is 3.74. The van der Waals surface area contributed by atoms with Gasteiger partial charge < -0.3 is 19.3 Å². The van der Waals surface area contributed by atoms with Crippen LogP contribution in [0.15, 0.2) is 27.6 Å². The van der Waals surface area contributed by atoms with Gasteiger partial charge in [-0.1, -0.05) is 12.1 Å². The minimum Gasteiger partial charge on any atom is -0.356 e. The summed E-state index contributed by atoms with van der Waals surface area (Å²) >= 11 is 0. The largest absolute Gasteiger partial charge is 0.356 e. The number of aromatic nitrogens is 4. The molecule has 1 atom stereocenters. The molecule has 0 spiro atoms. The van der Waals surface area contributed by atoms with Gasteiger partial charge in [0.25, 0.3) is 11.5 Å². The maximum absolute atomic E-state index is 13.5. The monoisotopic (exact) mass is 436 g/mol. The van der Waals surface area contributed by atoms with Crippen LogP contribution in [0.25, 0.3) is 11.3 Å². The number of carbonyl (C=O) groups is 1. The standard InChI is InChI=1S/C23H28N6O3/c1-6-17-13(2)10-15(21(30)25-17)22(31)29-9-7-8-18(29)20-16(19-11-14(3)27-32-19)12-24-23(26-20)28(4)5/h10-12,18H,6-9H2,1-5H3,(H,25,30)/t18-/m0/s1. The highest BCUT2D eigenvalue weighted by Gasteiger charge is 2.35. The smallest absolute Gasteiger partial charge is 0.261 e. The molecular formula is C23H28N6O3. The van der Waals surface area contributed by atoms with E-state index in [9.17, 15) is 9.59 Å². The number of pyridine rings is 1. The molecule has 0 aromatic carbocycles. The van der Waals surface area contributed by atoms with Gasteiger partial charge in [-0.2, -0.15) is 0 Å². The van der Waals surface area contributed by atoms with Crippen LogP contribution >= 0.6 is 0 Å². The average molecular weight is 437 g/mol. The number of amides is 1. The molecule has 3 aromatic heterocycles. The van der Waals surface area contributed by atoms with E-state index >= 15 is 0 Å². The maximum atomic E-state index is 13.5. The number of aromatic amines is 1. The van der Waals surface area contributed by atoms with E-state index in [1.165, 1.54) is 0 Å². The third-order valence-electron chi connectivity index (χ3n) is 5.86. The van der Waals surface area contributed by atoms with Gasteiger partial charge in [0.15, 0.2) is 5.76 Å². The quantitative estimate of drug-likeness (QED) is 0.655. The lowest BCUT2D eigenvalue weighted by Crippen LogP contribution is -2.35. The van der Waals surface area contributed by atoms with Gasteiger partial charge in [0.1, 0.15) is 5.56 Å². The minimum absolute atomic E-state index is 0.158. The molecule has 1 aliphatic rings. The molecule has 0 radical (unpaired) electrons. The molecule has 3 aromatic rings. The molecular weight excluding hydrogens is 408 g/mol. The predicted molar refractivity (Wildman–Crippen MR) is 121 cm³/mol. The Morgan fingerprint density at radius 3 is 2.75 bits per heavy atom. The van der Waals surface area contributed by atoms with E-state index in [4.69, 9.17) is 9.51 Å². The third kappa shape index (κ3) is 3.90. The van der Waals surface area contributed by atoms with Crippen LogP contribution in [0.1, 0.15) is 58.8 Å². The second kappa shape index (κ2) is 8.57. The summed E-state index contributed by atoms with van der Waals surface area (Å²) in [4.78, 5) is 41.8. The normalized spacial score (nSPS) is 15.9. The summed E-state index contributed by atoms with van der Waals surface area (Å²) in [6, 6.07) is 3.23. The van der Waals surface area contributed by atoms with Crippen LogP contribution < -0.4 is 10.5 Å². The average Bonchev–Trinajstić information content (AvgIpc) is 3.43. The molecule has 1 N–H and O–H groups in total. The zero-order valence-corrected chi connectivity index (χ0v) is 19.1. The SMILES string of the molecule is CCc1[nH]c(=O)c(C(=O)N2CCC[C@H]2c2nc(N(C)C)ncc2-c2cc(C)no2)cc1C. The van der Waals surface area contributed by atoms with Gasteiger partial charge in [0.05, 0.1) is 23.0 Å². The van der Waals surface area contributed by atoms with E-state index in [2.05, 4.69) is 15.1 Å². The summed E-state index contributed by atoms with van der Waals surface area (Å²) in [5.74, 6) is 0.813. The molecule has 1 fully saturated rings. The summed E-state index contributed by atoms with van der Waals surface area (Å²) in [6.07, 6.45) is 3.97. The van der Waals surface area contributed by atoms with Crippen molar-refractivity contribution in [2.24, 2.45) is 0 Å². The van der Waals surface area contributed by atoms with Crippen LogP contribution in [0.3, 0.4) is 0 Å². The van der Waals surface area contributed by atoms with Crippen LogP contribution in [0.4, 0.5) is 5.95 Å². The second-order valence-corrected chi connectivity index (χ2v) is 8.38. The molecule has 168 valence electrons. The highest BCUT2D eigenvalue weighted by molar-refractivity contribution is 5.94. The van der Waals surface area contributed by atoms with E-state index < -0.39 is 0 Å². The Balaban J connectivity index is 1.78. The molecule has 0 bridgehead atoms. The lowest BCUT2D eigenvalue weighted by Gasteiger charge is -2.26. The molecule has 0 saturated carbocycles. The predicted octanol–water partition coefficient (Wildman–Crippen LogP) is 3.04. The molecule has 4 rings (SSSR count). The number of H-pyrrole nitrogens is 1. The molecule has 0 aliphatic carbocycles. The molecule has 32 heavy (non-hydrogen) atoms. The van der Waals surface area contributed by atoms with Gasteiger partial charge in [-0.3, -0.25) is 9.59 Å². The zero-order valence-electron chi connectivity index (χ0n) is 19.1. The van der Waals surface area contributed by atoms with E-state index in [0.29, 0.717) is 35.9 Å². The molecule has 0 unspecified atom stereocenters. The van der Waals surface area contributed by atoms with Crippen molar-refractivity contribution < 1.29 is 9.32 Å². The van der Waals surface area contributed by atoms with Crippen molar-refractivity contribution in [3.8, 4) is 11.3 Å². The summed E-state index contributed by atoms with van der Waals surface area (Å²) in [5, 5.41) is 3.99. The third-order valence-corrected chi connectivity index (χ3v) is 5.86. The Morgan fingerprint density at radius 1 is 1.31 bits per heavy atom. The minimum atomic E-state index is -0.356. The van der Waals surface area contributed by atoms with Crippen LogP contribution in [0.2, 0.25) is 0 Å². The lowest BCUT2D eigenvalue weighted by atomic mass is 10.0. The van der Waals surface area contributed by atoms with E-state index in [0.717, 1.165) is 29.8 Å². The topological polar surface area (TPSA) is 108 Å². The van der Waals surface area contributed by atoms with Gasteiger partial charge in [0.2, 0.25) is 5.95 Å². The zero-order chi connectivity index (χ0) is 23.0. The molecule has 1 saturated heterocycles. The fourth-order valence-corrected chi connectivity index (χ4v) is 4.18. The van der Waals surface area contributed by atoms with Gasteiger partial charge in [-0.05, 0) is 44.7 Å². The number of nitrogens with zero attached hydrogens (tertiary/aromatic N) is 5. The van der Waals surface area contributed by atoms with Crippen molar-refractivity contribution in [3.63, 3.8) is 0 Å². The molecule has 1 aliphatic heterocycles. The number of hydrogen-bond acceptors (Lipinski definition) is 7.